The molecule has 92 heavy (non-hydrogen) atoms. The van der Waals surface area contributed by atoms with Crippen LogP contribution in [0.4, 0.5) is 0 Å². The van der Waals surface area contributed by atoms with Gasteiger partial charge in [0.25, 0.3) is 43.9 Å². The first-order valence-electron chi connectivity index (χ1n) is 27.2. The van der Waals surface area contributed by atoms with Gasteiger partial charge < -0.3 is 61.3 Å². The zero-order valence-corrected chi connectivity index (χ0v) is 50.6. The van der Waals surface area contributed by atoms with Crippen molar-refractivity contribution in [1.82, 2.24) is 51.0 Å². The highest BCUT2D eigenvalue weighted by atomic mass is 32.2. The third-order valence-electron chi connectivity index (χ3n) is 14.5. The fourth-order valence-corrected chi connectivity index (χ4v) is 13.7. The number of carbonyl (C=O) groups is 10. The minimum Gasteiger partial charge on any atom is -0.543 e. The molecule has 0 spiro atoms. The van der Waals surface area contributed by atoms with Crippen LogP contribution in [0.15, 0.2) is 145 Å². The van der Waals surface area contributed by atoms with Crippen molar-refractivity contribution < 1.29 is 103 Å². The van der Waals surface area contributed by atoms with E-state index in [2.05, 4.69) is 41.2 Å². The van der Waals surface area contributed by atoms with Crippen molar-refractivity contribution in [1.29, 1.82) is 0 Å². The van der Waals surface area contributed by atoms with E-state index >= 15 is 0 Å². The van der Waals surface area contributed by atoms with Crippen LogP contribution in [0.3, 0.4) is 0 Å². The lowest BCUT2D eigenvalue weighted by molar-refractivity contribution is -0.689. The van der Waals surface area contributed by atoms with Gasteiger partial charge in [-0.25, -0.2) is 28.7 Å². The summed E-state index contributed by atoms with van der Waals surface area (Å²) in [6.45, 7) is 0.159. The van der Waals surface area contributed by atoms with Gasteiger partial charge in [0.05, 0.1) is 47.5 Å². The minimum absolute atomic E-state index is 0.0794. The Balaban J connectivity index is 0.000000217. The summed E-state index contributed by atoms with van der Waals surface area (Å²) < 4.78 is 65.2. The van der Waals surface area contributed by atoms with Crippen LogP contribution in [0.1, 0.15) is 76.3 Å². The van der Waals surface area contributed by atoms with E-state index in [1.165, 1.54) is 23.5 Å². The van der Waals surface area contributed by atoms with Crippen molar-refractivity contribution in [2.24, 2.45) is 0 Å². The lowest BCUT2D eigenvalue weighted by Crippen LogP contribution is -2.71. The Morgan fingerprint density at radius 2 is 0.924 bits per heavy atom. The number of carbonyl (C=O) groups excluding carboxylic acids is 8. The molecule has 8 heterocycles. The smallest absolute Gasteiger partial charge is 0.354 e. The monoisotopic (exact) mass is 1340 g/mol. The summed E-state index contributed by atoms with van der Waals surface area (Å²) >= 11 is 2.44. The Hall–Kier alpha value is -10.1. The van der Waals surface area contributed by atoms with Crippen LogP contribution < -0.4 is 40.6 Å². The maximum Gasteiger partial charge on any atom is 0.354 e. The van der Waals surface area contributed by atoms with Gasteiger partial charge in [0.15, 0.2) is 60.7 Å². The van der Waals surface area contributed by atoms with Crippen molar-refractivity contribution in [2.75, 3.05) is 23.0 Å². The molecule has 6 atom stereocenters. The number of carboxylic acids is 4. The number of aryl methyl sites for hydroxylation is 2. The normalized spacial score (nSPS) is 18.3. The number of benzene rings is 2. The summed E-state index contributed by atoms with van der Waals surface area (Å²) in [6, 6.07) is 17.6. The molecule has 10 N–H and O–H groups in total. The van der Waals surface area contributed by atoms with E-state index in [1.807, 2.05) is 0 Å². The molecule has 2 fully saturated rings. The minimum atomic E-state index is -4.13. The number of aliphatic carboxylic acids is 2. The van der Waals surface area contributed by atoms with Crippen LogP contribution >= 0.6 is 23.5 Å². The fourth-order valence-electron chi connectivity index (χ4n) is 10.1. The fraction of sp³-hybridized carbons (Fsp3) is 0.250. The first-order chi connectivity index (χ1) is 43.7. The topological polar surface area (TPSA) is 486 Å². The number of aromatic nitrogens is 6. The molecule has 480 valence electrons. The predicted octanol–water partition coefficient (Wildman–Crippen LogP) is -3.20. The Kier molecular flexibility index (Phi) is 20.1. The highest BCUT2D eigenvalue weighted by Gasteiger charge is 2.55. The maximum absolute atomic E-state index is 13.5. The molecule has 10 rings (SSSR count). The zero-order chi connectivity index (χ0) is 66.3. The Bertz CT molecular complexity index is 3960. The van der Waals surface area contributed by atoms with Gasteiger partial charge >= 0.3 is 11.9 Å². The predicted molar refractivity (Wildman–Crippen MR) is 312 cm³/mol. The lowest BCUT2D eigenvalue weighted by atomic mass is 10.0. The van der Waals surface area contributed by atoms with Crippen LogP contribution in [0.25, 0.3) is 0 Å². The number of H-pyrrole nitrogens is 2. The number of aromatic amines is 2. The number of aromatic carboxylic acids is 2. The maximum atomic E-state index is 13.5. The first kappa shape index (κ1) is 66.3. The van der Waals surface area contributed by atoms with Crippen LogP contribution in [-0.2, 0) is 74.9 Å². The van der Waals surface area contributed by atoms with Crippen molar-refractivity contribution in [3.05, 3.63) is 190 Å². The van der Waals surface area contributed by atoms with Gasteiger partial charge in [-0.15, -0.1) is 23.5 Å². The van der Waals surface area contributed by atoms with Crippen LogP contribution in [-0.4, -0.2) is 171 Å². The van der Waals surface area contributed by atoms with E-state index in [-0.39, 0.29) is 48.8 Å². The van der Waals surface area contributed by atoms with Crippen molar-refractivity contribution in [2.45, 2.75) is 60.8 Å². The number of amides is 6. The van der Waals surface area contributed by atoms with Gasteiger partial charge in [0.1, 0.15) is 34.9 Å². The molecule has 0 bridgehead atoms. The van der Waals surface area contributed by atoms with Crippen LogP contribution in [0.2, 0.25) is 0 Å². The molecule has 0 unspecified atom stereocenters. The Morgan fingerprint density at radius 3 is 1.24 bits per heavy atom. The average molecular weight is 1340 g/mol. The summed E-state index contributed by atoms with van der Waals surface area (Å²) in [5.41, 5.74) is 0.185. The summed E-state index contributed by atoms with van der Waals surface area (Å²) in [4.78, 5) is 141. The van der Waals surface area contributed by atoms with Gasteiger partial charge in [-0.3, -0.25) is 47.7 Å². The molecule has 4 aliphatic heterocycles. The van der Waals surface area contributed by atoms with Gasteiger partial charge in [-0.1, -0.05) is 60.7 Å². The van der Waals surface area contributed by atoms with E-state index in [0.717, 1.165) is 22.5 Å². The first-order valence-corrected chi connectivity index (χ1v) is 32.5. The van der Waals surface area contributed by atoms with Gasteiger partial charge in [0, 0.05) is 46.9 Å². The number of nitrogens with zero attached hydrogens (tertiary/aromatic N) is 6. The van der Waals surface area contributed by atoms with E-state index in [0.29, 0.717) is 33.4 Å². The van der Waals surface area contributed by atoms with E-state index < -0.39 is 149 Å². The Labute approximate surface area is 528 Å². The summed E-state index contributed by atoms with van der Waals surface area (Å²) in [5.74, 6) is -11.4. The van der Waals surface area contributed by atoms with Crippen molar-refractivity contribution >= 4 is 103 Å². The molecule has 6 aromatic rings. The second-order valence-electron chi connectivity index (χ2n) is 20.6. The number of thioether (sulfide) groups is 2. The number of pyridine rings is 2. The molecule has 2 saturated heterocycles. The van der Waals surface area contributed by atoms with Crippen LogP contribution in [0.5, 0.6) is 0 Å². The third-order valence-corrected chi connectivity index (χ3v) is 18.6. The SMILES string of the molecule is O=C([O-])C1=C(C[n+]2ccc(CCS(=O)(=O)O)cc2)CS[C@@H]2[C@H](NC(=O)[C@H](NC(=O)c3nc[nH]c3C(=O)O)c3ccccc3)C(=O)N12.O=C([O-])C1=C(C[n+]2ccc(CCS(=O)(=O)O)cc2)CS[C@@H]2[C@H](NC(=O)[C@H](NC(=O)c3nc[nH]c3C(=O)O)c3ccccc3)C(=O)N12. The second-order valence-corrected chi connectivity index (χ2v) is 26.0. The standard InChI is InChI=1S/2C28H26N6O10S2/c2*35-23(18(16-4-2-1-3-5-16)31-24(36)19-20(27(38)39)30-14-29-19)32-21-25(37)34-22(28(40)41)17(13-45-26(21)34)12-33-9-6-15(7-10-33)8-11-46(42,43)44/h2*1-7,9-10,14,18,21,26H,8,11-13H2,(H5-,29,30,31,32,35,36,38,39,40,41,42,43,44)/t2*18-,21-,26-/m11/s1. The molecular formula is C56H52N12O20S4. The van der Waals surface area contributed by atoms with Crippen LogP contribution in [0, 0.1) is 0 Å². The number of hydrogen-bond donors (Lipinski definition) is 10. The largest absolute Gasteiger partial charge is 0.543 e. The quantitative estimate of drug-likeness (QED) is 0.0162. The molecule has 4 aliphatic rings. The van der Waals surface area contributed by atoms with E-state index in [1.54, 1.807) is 119 Å². The molecule has 36 heteroatoms. The molecule has 6 amide bonds. The molecule has 4 aromatic heterocycles. The van der Waals surface area contributed by atoms with E-state index in [4.69, 9.17) is 9.11 Å². The zero-order valence-electron chi connectivity index (χ0n) is 47.3. The molecule has 0 aliphatic carbocycles. The highest BCUT2D eigenvalue weighted by molar-refractivity contribution is 8.00. The Morgan fingerprint density at radius 1 is 0.576 bits per heavy atom. The third kappa shape index (κ3) is 15.4. The number of fused-ring (bicyclic) bond motifs is 2. The van der Waals surface area contributed by atoms with Gasteiger partial charge in [-0.05, 0) is 35.1 Å². The molecule has 0 radical (unpaired) electrons. The molecule has 0 saturated carbocycles. The average Bonchev–Trinajstić information content (AvgIpc) is 0.773. The number of carboxylic acid groups (broad SMARTS) is 4. The number of nitrogens with one attached hydrogen (secondary N) is 6. The number of β-lactam (4-membered cyclic amide) rings is 2. The lowest BCUT2D eigenvalue weighted by Gasteiger charge is -2.50. The number of hydrogen-bond acceptors (Lipinski definition) is 20. The van der Waals surface area contributed by atoms with Gasteiger partial charge in [-0.2, -0.15) is 16.8 Å². The van der Waals surface area contributed by atoms with E-state index in [9.17, 15) is 85.2 Å². The van der Waals surface area contributed by atoms with Crippen molar-refractivity contribution in [3.8, 4) is 0 Å². The number of rotatable bonds is 24. The molecule has 32 nitrogen and oxygen atoms in total. The second kappa shape index (κ2) is 27.9. The summed E-state index contributed by atoms with van der Waals surface area (Å²) in [6.07, 6.45) is 8.65. The molecule has 2 aromatic carbocycles. The number of imidazole rings is 2. The van der Waals surface area contributed by atoms with Gasteiger partial charge in [0.2, 0.25) is 11.8 Å². The molecular weight excluding hydrogens is 1290 g/mol. The summed E-state index contributed by atoms with van der Waals surface area (Å²) in [5, 5.41) is 51.6. The summed E-state index contributed by atoms with van der Waals surface area (Å²) in [7, 11) is -8.25. The van der Waals surface area contributed by atoms with Crippen molar-refractivity contribution in [3.63, 3.8) is 0 Å². The highest BCUT2D eigenvalue weighted by Crippen LogP contribution is 2.42.